The number of carbonyl (C=O) groups is 3. The molecule has 1 unspecified atom stereocenters. The quantitative estimate of drug-likeness (QED) is 0.588. The molecule has 0 aliphatic heterocycles. The zero-order valence-electron chi connectivity index (χ0n) is 17.7. The van der Waals surface area contributed by atoms with Gasteiger partial charge in [-0.3, -0.25) is 14.4 Å². The first-order chi connectivity index (χ1) is 14.2. The fraction of sp³-hybridized carbons (Fsp3) is 0.348. The van der Waals surface area contributed by atoms with Crippen molar-refractivity contribution >= 4 is 35.0 Å². The molecule has 0 aliphatic rings. The molecule has 0 saturated heterocycles. The number of hydrogen-bond acceptors (Lipinski definition) is 3. The predicted molar refractivity (Wildman–Crippen MR) is 120 cm³/mol. The number of nitrogens with one attached hydrogen (secondary N) is 3. The van der Waals surface area contributed by atoms with Crippen molar-refractivity contribution < 1.29 is 14.4 Å². The molecule has 2 aromatic rings. The average molecular weight is 430 g/mol. The van der Waals surface area contributed by atoms with E-state index in [-0.39, 0.29) is 28.7 Å². The highest BCUT2D eigenvalue weighted by Crippen LogP contribution is 2.21. The Labute approximate surface area is 182 Å². The minimum atomic E-state index is -0.731. The number of carbonyl (C=O) groups excluding carboxylic acids is 3. The van der Waals surface area contributed by atoms with Crippen LogP contribution in [0.15, 0.2) is 42.5 Å². The van der Waals surface area contributed by atoms with Gasteiger partial charge in [0.05, 0.1) is 10.6 Å². The van der Waals surface area contributed by atoms with E-state index >= 15 is 0 Å². The lowest BCUT2D eigenvalue weighted by atomic mass is 10.0. The standard InChI is InChI=1S/C23H28ClN3O3/c1-5-12-25-22(29)18-11-10-17(13-19(18)24)26-23(30)20(14(2)3)27-21(28)16-8-6-15(4)7-9-16/h6-11,13-14,20H,5,12H2,1-4H3,(H,25,29)(H,26,30)(H,27,28). The van der Waals surface area contributed by atoms with Crippen molar-refractivity contribution in [3.8, 4) is 0 Å². The third-order valence-electron chi connectivity index (χ3n) is 4.57. The monoisotopic (exact) mass is 429 g/mol. The molecule has 7 heteroatoms. The Morgan fingerprint density at radius 2 is 1.67 bits per heavy atom. The smallest absolute Gasteiger partial charge is 0.252 e. The van der Waals surface area contributed by atoms with Gasteiger partial charge < -0.3 is 16.0 Å². The maximum atomic E-state index is 12.8. The fourth-order valence-electron chi connectivity index (χ4n) is 2.80. The SMILES string of the molecule is CCCNC(=O)c1ccc(NC(=O)C(NC(=O)c2ccc(C)cc2)C(C)C)cc1Cl. The molecule has 0 aromatic heterocycles. The van der Waals surface area contributed by atoms with Crippen molar-refractivity contribution in [2.45, 2.75) is 40.2 Å². The Bertz CT molecular complexity index is 910. The van der Waals surface area contributed by atoms with Gasteiger partial charge in [-0.05, 0) is 49.6 Å². The largest absolute Gasteiger partial charge is 0.352 e. The van der Waals surface area contributed by atoms with Gasteiger partial charge in [0.2, 0.25) is 5.91 Å². The van der Waals surface area contributed by atoms with Gasteiger partial charge in [-0.2, -0.15) is 0 Å². The summed E-state index contributed by atoms with van der Waals surface area (Å²) in [4.78, 5) is 37.4. The van der Waals surface area contributed by atoms with Crippen molar-refractivity contribution in [3.63, 3.8) is 0 Å². The first kappa shape index (κ1) is 23.4. The molecule has 2 rings (SSSR count). The van der Waals surface area contributed by atoms with E-state index in [9.17, 15) is 14.4 Å². The van der Waals surface area contributed by atoms with Crippen LogP contribution in [-0.2, 0) is 4.79 Å². The van der Waals surface area contributed by atoms with Crippen LogP contribution >= 0.6 is 11.6 Å². The Kier molecular flexibility index (Phi) is 8.42. The van der Waals surface area contributed by atoms with Crippen molar-refractivity contribution in [3.05, 3.63) is 64.2 Å². The average Bonchev–Trinajstić information content (AvgIpc) is 2.70. The fourth-order valence-corrected chi connectivity index (χ4v) is 3.06. The van der Waals surface area contributed by atoms with E-state index in [0.29, 0.717) is 23.4 Å². The van der Waals surface area contributed by atoms with E-state index in [4.69, 9.17) is 11.6 Å². The molecule has 0 spiro atoms. The van der Waals surface area contributed by atoms with Crippen molar-refractivity contribution in [2.75, 3.05) is 11.9 Å². The summed E-state index contributed by atoms with van der Waals surface area (Å²) in [5, 5.41) is 8.57. The molecule has 0 heterocycles. The summed E-state index contributed by atoms with van der Waals surface area (Å²) in [7, 11) is 0. The van der Waals surface area contributed by atoms with Gasteiger partial charge in [0.15, 0.2) is 0 Å². The Morgan fingerprint density at radius 3 is 2.23 bits per heavy atom. The van der Waals surface area contributed by atoms with Gasteiger partial charge in [-0.25, -0.2) is 0 Å². The zero-order chi connectivity index (χ0) is 22.3. The normalized spacial score (nSPS) is 11.7. The van der Waals surface area contributed by atoms with Crippen LogP contribution in [0.3, 0.4) is 0 Å². The topological polar surface area (TPSA) is 87.3 Å². The van der Waals surface area contributed by atoms with E-state index in [0.717, 1.165) is 12.0 Å². The summed E-state index contributed by atoms with van der Waals surface area (Å²) in [5.41, 5.74) is 2.33. The van der Waals surface area contributed by atoms with Crippen LogP contribution in [-0.4, -0.2) is 30.3 Å². The number of amides is 3. The highest BCUT2D eigenvalue weighted by Gasteiger charge is 2.25. The lowest BCUT2D eigenvalue weighted by Gasteiger charge is -2.22. The summed E-state index contributed by atoms with van der Waals surface area (Å²) < 4.78 is 0. The molecular formula is C23H28ClN3O3. The number of anilines is 1. The molecule has 0 aliphatic carbocycles. The minimum absolute atomic E-state index is 0.131. The Morgan fingerprint density at radius 1 is 1.00 bits per heavy atom. The molecule has 0 fully saturated rings. The van der Waals surface area contributed by atoms with Gasteiger partial charge >= 0.3 is 0 Å². The number of halogens is 1. The van der Waals surface area contributed by atoms with Gasteiger partial charge in [-0.1, -0.05) is 50.1 Å². The van der Waals surface area contributed by atoms with Gasteiger partial charge in [0, 0.05) is 17.8 Å². The number of benzene rings is 2. The summed E-state index contributed by atoms with van der Waals surface area (Å²) in [6, 6.07) is 11.1. The second-order valence-corrected chi connectivity index (χ2v) is 7.91. The van der Waals surface area contributed by atoms with Gasteiger partial charge in [0.1, 0.15) is 6.04 Å². The van der Waals surface area contributed by atoms with E-state index < -0.39 is 6.04 Å². The van der Waals surface area contributed by atoms with Crippen LogP contribution in [0, 0.1) is 12.8 Å². The minimum Gasteiger partial charge on any atom is -0.352 e. The Hall–Kier alpha value is -2.86. The van der Waals surface area contributed by atoms with E-state index in [2.05, 4.69) is 16.0 Å². The summed E-state index contributed by atoms with van der Waals surface area (Å²) in [5.74, 6) is -1.06. The third-order valence-corrected chi connectivity index (χ3v) is 4.88. The van der Waals surface area contributed by atoms with Crippen molar-refractivity contribution in [1.82, 2.24) is 10.6 Å². The first-order valence-electron chi connectivity index (χ1n) is 9.99. The Balaban J connectivity index is 2.09. The summed E-state index contributed by atoms with van der Waals surface area (Å²) in [6.07, 6.45) is 0.822. The van der Waals surface area contributed by atoms with Crippen LogP contribution in [0.2, 0.25) is 5.02 Å². The molecule has 6 nitrogen and oxygen atoms in total. The number of aryl methyl sites for hydroxylation is 1. The highest BCUT2D eigenvalue weighted by molar-refractivity contribution is 6.34. The zero-order valence-corrected chi connectivity index (χ0v) is 18.5. The second-order valence-electron chi connectivity index (χ2n) is 7.50. The summed E-state index contributed by atoms with van der Waals surface area (Å²) in [6.45, 7) is 8.17. The molecule has 0 bridgehead atoms. The maximum absolute atomic E-state index is 12.8. The molecular weight excluding hydrogens is 402 g/mol. The first-order valence-corrected chi connectivity index (χ1v) is 10.4. The van der Waals surface area contributed by atoms with E-state index in [1.165, 1.54) is 6.07 Å². The molecule has 3 amide bonds. The molecule has 160 valence electrons. The molecule has 1 atom stereocenters. The summed E-state index contributed by atoms with van der Waals surface area (Å²) >= 11 is 6.22. The second kappa shape index (κ2) is 10.8. The van der Waals surface area contributed by atoms with E-state index in [1.807, 2.05) is 39.8 Å². The van der Waals surface area contributed by atoms with Gasteiger partial charge in [0.25, 0.3) is 11.8 Å². The maximum Gasteiger partial charge on any atom is 0.252 e. The predicted octanol–water partition coefficient (Wildman–Crippen LogP) is 4.18. The third kappa shape index (κ3) is 6.32. The molecule has 0 radical (unpaired) electrons. The van der Waals surface area contributed by atoms with Crippen LogP contribution in [0.5, 0.6) is 0 Å². The lowest BCUT2D eigenvalue weighted by molar-refractivity contribution is -0.118. The molecule has 3 N–H and O–H groups in total. The molecule has 30 heavy (non-hydrogen) atoms. The van der Waals surface area contributed by atoms with Crippen molar-refractivity contribution in [2.24, 2.45) is 5.92 Å². The van der Waals surface area contributed by atoms with Crippen molar-refractivity contribution in [1.29, 1.82) is 0 Å². The van der Waals surface area contributed by atoms with Crippen LogP contribution in [0.25, 0.3) is 0 Å². The molecule has 2 aromatic carbocycles. The highest BCUT2D eigenvalue weighted by atomic mass is 35.5. The van der Waals surface area contributed by atoms with Crippen LogP contribution < -0.4 is 16.0 Å². The van der Waals surface area contributed by atoms with Gasteiger partial charge in [-0.15, -0.1) is 0 Å². The van der Waals surface area contributed by atoms with Crippen LogP contribution in [0.1, 0.15) is 53.5 Å². The number of rotatable bonds is 8. The molecule has 0 saturated carbocycles. The lowest BCUT2D eigenvalue weighted by Crippen LogP contribution is -2.47. The van der Waals surface area contributed by atoms with Crippen LogP contribution in [0.4, 0.5) is 5.69 Å². The number of hydrogen-bond donors (Lipinski definition) is 3. The van der Waals surface area contributed by atoms with E-state index in [1.54, 1.807) is 24.3 Å².